The molecule has 1 aliphatic heterocycles. The van der Waals surface area contributed by atoms with E-state index in [0.29, 0.717) is 6.54 Å². The average Bonchev–Trinajstić information content (AvgIpc) is 2.58. The Morgan fingerprint density at radius 2 is 1.89 bits per heavy atom. The van der Waals surface area contributed by atoms with Gasteiger partial charge < -0.3 is 9.47 Å². The quantitative estimate of drug-likeness (QED) is 0.571. The molecule has 1 amide bonds. The molecule has 0 aromatic heterocycles. The van der Waals surface area contributed by atoms with Gasteiger partial charge in [0.15, 0.2) is 5.54 Å². The first kappa shape index (κ1) is 15.5. The van der Waals surface area contributed by atoms with E-state index in [1.807, 2.05) is 0 Å². The highest BCUT2D eigenvalue weighted by molar-refractivity contribution is 5.88. The fraction of sp³-hybridized carbons (Fsp3) is 0.714. The normalized spacial score (nSPS) is 22.8. The Labute approximate surface area is 114 Å². The first-order valence-electron chi connectivity index (χ1n) is 6.45. The Hall–Kier alpha value is -1.52. The molecule has 19 heavy (non-hydrogen) atoms. The zero-order valence-corrected chi connectivity index (χ0v) is 12.5. The Balaban J connectivity index is 2.85. The van der Waals surface area contributed by atoms with Gasteiger partial charge in [-0.1, -0.05) is 12.2 Å². The second kappa shape index (κ2) is 5.23. The highest BCUT2D eigenvalue weighted by atomic mass is 16.6. The Morgan fingerprint density at radius 1 is 1.32 bits per heavy atom. The van der Waals surface area contributed by atoms with Crippen molar-refractivity contribution in [3.63, 3.8) is 0 Å². The van der Waals surface area contributed by atoms with Crippen molar-refractivity contribution in [2.24, 2.45) is 0 Å². The van der Waals surface area contributed by atoms with E-state index in [9.17, 15) is 9.59 Å². The molecule has 0 fully saturated rings. The van der Waals surface area contributed by atoms with Crippen LogP contribution in [0.1, 0.15) is 41.5 Å². The molecule has 0 spiro atoms. The van der Waals surface area contributed by atoms with Crippen molar-refractivity contribution in [1.82, 2.24) is 4.90 Å². The van der Waals surface area contributed by atoms with Crippen LogP contribution in [0.2, 0.25) is 0 Å². The van der Waals surface area contributed by atoms with Crippen LogP contribution in [0.15, 0.2) is 12.2 Å². The molecular weight excluding hydrogens is 246 g/mol. The van der Waals surface area contributed by atoms with E-state index in [4.69, 9.17) is 9.47 Å². The summed E-state index contributed by atoms with van der Waals surface area (Å²) in [6.45, 7) is 10.9. The van der Waals surface area contributed by atoms with Gasteiger partial charge in [-0.2, -0.15) is 0 Å². The minimum Gasteiger partial charge on any atom is -0.461 e. The van der Waals surface area contributed by atoms with E-state index in [1.165, 1.54) is 4.90 Å². The maximum atomic E-state index is 12.1. The first-order chi connectivity index (χ1) is 8.56. The summed E-state index contributed by atoms with van der Waals surface area (Å²) in [5.74, 6) is -0.442. The van der Waals surface area contributed by atoms with E-state index < -0.39 is 23.2 Å². The molecule has 5 heteroatoms. The van der Waals surface area contributed by atoms with Crippen LogP contribution >= 0.6 is 0 Å². The second-order valence-corrected chi connectivity index (χ2v) is 6.09. The van der Waals surface area contributed by atoms with E-state index in [-0.39, 0.29) is 6.10 Å². The summed E-state index contributed by atoms with van der Waals surface area (Å²) >= 11 is 0. The number of amides is 1. The maximum Gasteiger partial charge on any atom is 0.411 e. The molecule has 0 saturated heterocycles. The fourth-order valence-electron chi connectivity index (χ4n) is 1.76. The van der Waals surface area contributed by atoms with Crippen LogP contribution in [0.25, 0.3) is 0 Å². The maximum absolute atomic E-state index is 12.1. The third kappa shape index (κ3) is 3.72. The zero-order chi connectivity index (χ0) is 14.8. The van der Waals surface area contributed by atoms with Gasteiger partial charge in [-0.25, -0.2) is 9.59 Å². The van der Waals surface area contributed by atoms with Gasteiger partial charge in [0.2, 0.25) is 0 Å². The summed E-state index contributed by atoms with van der Waals surface area (Å²) in [6.07, 6.45) is 2.71. The third-order valence-electron chi connectivity index (χ3n) is 2.66. The van der Waals surface area contributed by atoms with Gasteiger partial charge >= 0.3 is 12.1 Å². The van der Waals surface area contributed by atoms with Gasteiger partial charge in [-0.3, -0.25) is 4.90 Å². The van der Waals surface area contributed by atoms with Gasteiger partial charge in [0.25, 0.3) is 0 Å². The van der Waals surface area contributed by atoms with Gasteiger partial charge in [-0.05, 0) is 41.5 Å². The number of carbonyl (C=O) groups is 2. The molecular formula is C14H23NO4. The van der Waals surface area contributed by atoms with Crippen molar-refractivity contribution in [3.05, 3.63) is 12.2 Å². The van der Waals surface area contributed by atoms with Crippen LogP contribution in [0.5, 0.6) is 0 Å². The van der Waals surface area contributed by atoms with Gasteiger partial charge in [-0.15, -0.1) is 0 Å². The molecule has 0 aliphatic carbocycles. The average molecular weight is 269 g/mol. The lowest BCUT2D eigenvalue weighted by molar-refractivity contribution is -0.156. The molecule has 1 heterocycles. The molecule has 1 aliphatic rings. The minimum atomic E-state index is -1.09. The molecule has 1 unspecified atom stereocenters. The highest BCUT2D eigenvalue weighted by Gasteiger charge is 2.45. The Kier molecular flexibility index (Phi) is 4.28. The molecule has 0 saturated carbocycles. The van der Waals surface area contributed by atoms with E-state index in [1.54, 1.807) is 53.7 Å². The van der Waals surface area contributed by atoms with Crippen molar-refractivity contribution in [3.8, 4) is 0 Å². The zero-order valence-electron chi connectivity index (χ0n) is 12.5. The van der Waals surface area contributed by atoms with Gasteiger partial charge in [0.1, 0.15) is 5.60 Å². The number of nitrogens with zero attached hydrogens (tertiary/aromatic N) is 1. The number of ether oxygens (including phenoxy) is 2. The molecule has 5 nitrogen and oxygen atoms in total. The number of esters is 1. The predicted molar refractivity (Wildman–Crippen MR) is 71.7 cm³/mol. The summed E-state index contributed by atoms with van der Waals surface area (Å²) in [7, 11) is 0. The predicted octanol–water partition coefficient (Wildman–Crippen LogP) is 2.50. The Morgan fingerprint density at radius 3 is 2.37 bits per heavy atom. The largest absolute Gasteiger partial charge is 0.461 e. The van der Waals surface area contributed by atoms with E-state index >= 15 is 0 Å². The molecule has 0 radical (unpaired) electrons. The second-order valence-electron chi connectivity index (χ2n) is 6.09. The molecule has 0 aromatic carbocycles. The summed E-state index contributed by atoms with van der Waals surface area (Å²) in [5, 5.41) is 0. The lowest BCUT2D eigenvalue weighted by atomic mass is 10.0. The monoisotopic (exact) mass is 269 g/mol. The van der Waals surface area contributed by atoms with Crippen LogP contribution < -0.4 is 0 Å². The molecule has 1 rings (SSSR count). The lowest BCUT2D eigenvalue weighted by Gasteiger charge is -2.34. The first-order valence-corrected chi connectivity index (χ1v) is 6.45. The SMILES string of the molecule is CC(C)OC(=O)C1(C)C=CCN1C(=O)OC(C)(C)C. The minimum absolute atomic E-state index is 0.223. The standard InChI is InChI=1S/C14H23NO4/c1-10(2)18-11(16)14(6)8-7-9-15(14)12(17)19-13(3,4)5/h7-8,10H,9H2,1-6H3. The van der Waals surface area contributed by atoms with Crippen molar-refractivity contribution in [2.75, 3.05) is 6.54 Å². The molecule has 0 bridgehead atoms. The number of hydrogen-bond acceptors (Lipinski definition) is 4. The summed E-state index contributed by atoms with van der Waals surface area (Å²) in [5.41, 5.74) is -1.69. The van der Waals surface area contributed by atoms with Crippen LogP contribution in [-0.4, -0.2) is 40.8 Å². The van der Waals surface area contributed by atoms with E-state index in [2.05, 4.69) is 0 Å². The van der Waals surface area contributed by atoms with Crippen LogP contribution in [0.3, 0.4) is 0 Å². The Bertz CT molecular complexity index is 395. The smallest absolute Gasteiger partial charge is 0.411 e. The van der Waals surface area contributed by atoms with Crippen LogP contribution in [0.4, 0.5) is 4.79 Å². The third-order valence-corrected chi connectivity index (χ3v) is 2.66. The molecule has 0 aromatic rings. The number of carbonyl (C=O) groups excluding carboxylic acids is 2. The molecule has 0 N–H and O–H groups in total. The highest BCUT2D eigenvalue weighted by Crippen LogP contribution is 2.27. The topological polar surface area (TPSA) is 55.8 Å². The summed E-state index contributed by atoms with van der Waals surface area (Å²) in [4.78, 5) is 25.6. The molecule has 108 valence electrons. The molecule has 1 atom stereocenters. The van der Waals surface area contributed by atoms with Crippen molar-refractivity contribution < 1.29 is 19.1 Å². The van der Waals surface area contributed by atoms with Gasteiger partial charge in [0.05, 0.1) is 6.10 Å². The summed E-state index contributed by atoms with van der Waals surface area (Å²) < 4.78 is 10.5. The van der Waals surface area contributed by atoms with Crippen molar-refractivity contribution in [1.29, 1.82) is 0 Å². The van der Waals surface area contributed by atoms with Crippen molar-refractivity contribution in [2.45, 2.75) is 58.8 Å². The van der Waals surface area contributed by atoms with Crippen LogP contribution in [0, 0.1) is 0 Å². The number of rotatable bonds is 2. The lowest BCUT2D eigenvalue weighted by Crippen LogP contribution is -2.53. The summed E-state index contributed by atoms with van der Waals surface area (Å²) in [6, 6.07) is 0. The van der Waals surface area contributed by atoms with E-state index in [0.717, 1.165) is 0 Å². The van der Waals surface area contributed by atoms with Crippen LogP contribution in [-0.2, 0) is 14.3 Å². The van der Waals surface area contributed by atoms with Gasteiger partial charge in [0, 0.05) is 6.54 Å². The number of hydrogen-bond donors (Lipinski definition) is 0. The fourth-order valence-corrected chi connectivity index (χ4v) is 1.76. The van der Waals surface area contributed by atoms with Crippen molar-refractivity contribution >= 4 is 12.1 Å².